The van der Waals surface area contributed by atoms with Crippen LogP contribution in [0.5, 0.6) is 0 Å². The molecule has 43 heavy (non-hydrogen) atoms. The lowest BCUT2D eigenvalue weighted by atomic mass is 9.90. The van der Waals surface area contributed by atoms with Crippen LogP contribution in [0, 0.1) is 11.8 Å². The Morgan fingerprint density at radius 1 is 1.12 bits per heavy atom. The van der Waals surface area contributed by atoms with E-state index in [1.54, 1.807) is 33.3 Å². The largest absolute Gasteiger partial charge is 0.383 e. The topological polar surface area (TPSA) is 127 Å². The minimum Gasteiger partial charge on any atom is -0.383 e. The zero-order chi connectivity index (χ0) is 31.9. The Bertz CT molecular complexity index is 1010. The van der Waals surface area contributed by atoms with E-state index in [2.05, 4.69) is 10.6 Å². The number of likely N-dealkylation sites (N-methyl/N-ethyl adjacent to an activating group) is 1. The highest BCUT2D eigenvalue weighted by molar-refractivity contribution is 5.81. The molecule has 1 fully saturated rings. The maximum absolute atomic E-state index is 13.8. The molecule has 11 heteroatoms. The van der Waals surface area contributed by atoms with Gasteiger partial charge in [-0.3, -0.25) is 19.2 Å². The number of nitrogens with one attached hydrogen (secondary N) is 2. The molecule has 1 aromatic carbocycles. The minimum atomic E-state index is -0.552. The molecule has 1 aliphatic heterocycles. The lowest BCUT2D eigenvalue weighted by Gasteiger charge is -2.39. The Balaban J connectivity index is 2.16. The first-order valence-electron chi connectivity index (χ1n) is 15.2. The third-order valence-corrected chi connectivity index (χ3v) is 8.68. The summed E-state index contributed by atoms with van der Waals surface area (Å²) in [6.07, 6.45) is 2.43. The van der Waals surface area contributed by atoms with Crippen LogP contribution in [-0.2, 0) is 39.8 Å². The first kappa shape index (κ1) is 36.2. The molecular formula is C32H52N4O7. The van der Waals surface area contributed by atoms with Crippen molar-refractivity contribution in [2.24, 2.45) is 11.8 Å². The number of methoxy groups -OCH3 is 3. The van der Waals surface area contributed by atoms with E-state index in [0.717, 1.165) is 24.8 Å². The lowest BCUT2D eigenvalue weighted by Crippen LogP contribution is -2.54. The highest BCUT2D eigenvalue weighted by Gasteiger charge is 2.42. The van der Waals surface area contributed by atoms with Crippen molar-refractivity contribution in [2.45, 2.75) is 83.2 Å². The smallest absolute Gasteiger partial charge is 0.242 e. The molecule has 0 spiro atoms. The predicted molar refractivity (Wildman–Crippen MR) is 164 cm³/mol. The van der Waals surface area contributed by atoms with Crippen LogP contribution in [0.4, 0.5) is 0 Å². The number of benzene rings is 1. The molecule has 0 radical (unpaired) electrons. The van der Waals surface area contributed by atoms with Crippen LogP contribution in [0.3, 0.4) is 0 Å². The number of ether oxygens (including phenoxy) is 3. The monoisotopic (exact) mass is 604 g/mol. The Morgan fingerprint density at radius 3 is 2.40 bits per heavy atom. The van der Waals surface area contributed by atoms with Gasteiger partial charge >= 0.3 is 0 Å². The molecule has 242 valence electrons. The van der Waals surface area contributed by atoms with Crippen LogP contribution in [0.1, 0.15) is 52.0 Å². The third-order valence-electron chi connectivity index (χ3n) is 8.68. The van der Waals surface area contributed by atoms with Crippen LogP contribution in [0.25, 0.3) is 0 Å². The maximum Gasteiger partial charge on any atom is 0.242 e. The summed E-state index contributed by atoms with van der Waals surface area (Å²) in [6.45, 7) is 6.68. The summed E-state index contributed by atoms with van der Waals surface area (Å²) in [5.41, 5.74) is 1.10. The summed E-state index contributed by atoms with van der Waals surface area (Å²) >= 11 is 0. The van der Waals surface area contributed by atoms with E-state index < -0.39 is 18.1 Å². The molecule has 4 amide bonds. The predicted octanol–water partition coefficient (Wildman–Crippen LogP) is 2.03. The molecule has 2 N–H and O–H groups in total. The van der Waals surface area contributed by atoms with Gasteiger partial charge in [0.05, 0.1) is 55.8 Å². The molecule has 1 aliphatic rings. The summed E-state index contributed by atoms with van der Waals surface area (Å²) in [5.74, 6) is -0.989. The van der Waals surface area contributed by atoms with Crippen molar-refractivity contribution in [3.63, 3.8) is 0 Å². The van der Waals surface area contributed by atoms with Gasteiger partial charge in [-0.05, 0) is 30.7 Å². The number of carbonyl (C=O) groups excluding carboxylic acids is 4. The first-order valence-corrected chi connectivity index (χ1v) is 15.2. The van der Waals surface area contributed by atoms with Gasteiger partial charge in [-0.15, -0.1) is 0 Å². The molecule has 1 saturated heterocycles. The zero-order valence-electron chi connectivity index (χ0n) is 26.9. The van der Waals surface area contributed by atoms with Gasteiger partial charge in [-0.2, -0.15) is 0 Å². The normalized spacial score (nSPS) is 19.0. The van der Waals surface area contributed by atoms with Crippen LogP contribution in [0.15, 0.2) is 30.3 Å². The molecule has 6 unspecified atom stereocenters. The average Bonchev–Trinajstić information content (AvgIpc) is 3.49. The lowest BCUT2D eigenvalue weighted by molar-refractivity contribution is -0.145. The summed E-state index contributed by atoms with van der Waals surface area (Å²) in [5, 5.41) is 5.55. The molecule has 11 nitrogen and oxygen atoms in total. The number of hydrogen-bond acceptors (Lipinski definition) is 7. The Kier molecular flexibility index (Phi) is 15.6. The Labute approximate surface area is 257 Å². The van der Waals surface area contributed by atoms with Gasteiger partial charge in [-0.1, -0.05) is 57.5 Å². The number of hydrogen-bond donors (Lipinski definition) is 2. The van der Waals surface area contributed by atoms with Crippen molar-refractivity contribution in [1.29, 1.82) is 0 Å². The Hall–Kier alpha value is -3.02. The summed E-state index contributed by atoms with van der Waals surface area (Å²) in [6, 6.07) is 9.09. The van der Waals surface area contributed by atoms with E-state index in [1.165, 1.54) is 0 Å². The molecule has 0 aliphatic carbocycles. The second-order valence-electron chi connectivity index (χ2n) is 11.5. The summed E-state index contributed by atoms with van der Waals surface area (Å²) in [7, 11) is 6.42. The molecule has 1 aromatic rings. The van der Waals surface area contributed by atoms with Crippen LogP contribution in [-0.4, -0.2) is 112 Å². The van der Waals surface area contributed by atoms with Crippen molar-refractivity contribution in [3.05, 3.63) is 35.9 Å². The van der Waals surface area contributed by atoms with Gasteiger partial charge < -0.3 is 34.6 Å². The van der Waals surface area contributed by atoms with Gasteiger partial charge in [0.15, 0.2) is 0 Å². The van der Waals surface area contributed by atoms with Gasteiger partial charge in [0.2, 0.25) is 24.1 Å². The fourth-order valence-corrected chi connectivity index (χ4v) is 6.16. The maximum atomic E-state index is 13.8. The van der Waals surface area contributed by atoms with E-state index >= 15 is 0 Å². The summed E-state index contributed by atoms with van der Waals surface area (Å²) in [4.78, 5) is 54.1. The zero-order valence-corrected chi connectivity index (χ0v) is 26.9. The van der Waals surface area contributed by atoms with Gasteiger partial charge in [0.25, 0.3) is 0 Å². The van der Waals surface area contributed by atoms with E-state index in [4.69, 9.17) is 14.2 Å². The molecule has 2 rings (SSSR count). The molecule has 7 atom stereocenters. The quantitative estimate of drug-likeness (QED) is 0.232. The van der Waals surface area contributed by atoms with Gasteiger partial charge in [0.1, 0.15) is 0 Å². The van der Waals surface area contributed by atoms with Crippen LogP contribution in [0.2, 0.25) is 0 Å². The second-order valence-corrected chi connectivity index (χ2v) is 11.5. The number of amides is 4. The first-order chi connectivity index (χ1) is 20.6. The number of likely N-dealkylation sites (tertiary alicyclic amines) is 1. The fourth-order valence-electron chi connectivity index (χ4n) is 6.16. The highest BCUT2D eigenvalue weighted by atomic mass is 16.5. The van der Waals surface area contributed by atoms with Crippen molar-refractivity contribution in [1.82, 2.24) is 20.4 Å². The standard InChI is InChI=1S/C32H52N4O7/c1-8-22(2)30(35(4)29(39)19-33-21-37)27(42-6)18-28(38)36-16-12-15-26(36)31(43-7)23(3)32(40)34-25(20-41-5)17-24-13-10-9-11-14-24/h9-11,13-14,21-23,25-27,30-31H,8,12,15-20H2,1-7H3,(H,33,37)(H,34,40)/t22?,23?,25-,26?,27?,30?,31?/m0/s1. The van der Waals surface area contributed by atoms with Gasteiger partial charge in [0, 0.05) is 34.9 Å². The van der Waals surface area contributed by atoms with E-state index in [-0.39, 0.29) is 54.7 Å². The van der Waals surface area contributed by atoms with Crippen molar-refractivity contribution in [2.75, 3.05) is 48.1 Å². The van der Waals surface area contributed by atoms with Crippen LogP contribution >= 0.6 is 0 Å². The molecule has 0 aromatic heterocycles. The van der Waals surface area contributed by atoms with Crippen molar-refractivity contribution >= 4 is 24.1 Å². The molecule has 0 saturated carbocycles. The second kappa shape index (κ2) is 18.6. The third kappa shape index (κ3) is 10.3. The fraction of sp³-hybridized carbons (Fsp3) is 0.688. The number of nitrogens with zero attached hydrogens (tertiary/aromatic N) is 2. The SMILES string of the molecule is CCC(C)C(C(CC(=O)N1CCCC1C(OC)C(C)C(=O)N[C@H](COC)Cc1ccccc1)OC)N(C)C(=O)CNC=O. The number of carbonyl (C=O) groups is 4. The molecular weight excluding hydrogens is 552 g/mol. The molecule has 0 bridgehead atoms. The average molecular weight is 605 g/mol. The van der Waals surface area contributed by atoms with Crippen LogP contribution < -0.4 is 10.6 Å². The Morgan fingerprint density at radius 2 is 1.81 bits per heavy atom. The van der Waals surface area contributed by atoms with Gasteiger partial charge in [-0.25, -0.2) is 0 Å². The molecule has 1 heterocycles. The van der Waals surface area contributed by atoms with E-state index in [0.29, 0.717) is 26.0 Å². The number of rotatable bonds is 19. The summed E-state index contributed by atoms with van der Waals surface area (Å²) < 4.78 is 17.1. The van der Waals surface area contributed by atoms with E-state index in [1.807, 2.05) is 56.0 Å². The van der Waals surface area contributed by atoms with Crippen molar-refractivity contribution in [3.8, 4) is 0 Å². The highest BCUT2D eigenvalue weighted by Crippen LogP contribution is 2.29. The van der Waals surface area contributed by atoms with Crippen molar-refractivity contribution < 1.29 is 33.4 Å². The minimum absolute atomic E-state index is 0.0451. The van der Waals surface area contributed by atoms with E-state index in [9.17, 15) is 19.2 Å².